The predicted molar refractivity (Wildman–Crippen MR) is 69.9 cm³/mol. The highest BCUT2D eigenvalue weighted by atomic mass is 16.2. The molecule has 0 bridgehead atoms. The van der Waals surface area contributed by atoms with Gasteiger partial charge in [0.1, 0.15) is 0 Å². The van der Waals surface area contributed by atoms with Crippen LogP contribution in [-0.2, 0) is 4.79 Å². The van der Waals surface area contributed by atoms with Crippen LogP contribution < -0.4 is 5.32 Å². The van der Waals surface area contributed by atoms with E-state index in [0.29, 0.717) is 11.9 Å². The third-order valence-corrected chi connectivity index (χ3v) is 4.62. The van der Waals surface area contributed by atoms with E-state index < -0.39 is 0 Å². The number of nitrogens with zero attached hydrogens (tertiary/aromatic N) is 1. The average Bonchev–Trinajstić information content (AvgIpc) is 2.75. The second kappa shape index (κ2) is 5.38. The zero-order valence-electron chi connectivity index (χ0n) is 11.3. The first-order chi connectivity index (χ1) is 8.23. The normalized spacial score (nSPS) is 23.4. The Kier molecular flexibility index (Phi) is 4.08. The van der Waals surface area contributed by atoms with E-state index in [-0.39, 0.29) is 5.41 Å². The van der Waals surface area contributed by atoms with E-state index in [2.05, 4.69) is 24.1 Å². The van der Waals surface area contributed by atoms with Crippen LogP contribution >= 0.6 is 0 Å². The third-order valence-electron chi connectivity index (χ3n) is 4.62. The van der Waals surface area contributed by atoms with Gasteiger partial charge < -0.3 is 10.2 Å². The topological polar surface area (TPSA) is 32.3 Å². The molecule has 0 radical (unpaired) electrons. The first-order valence-corrected chi connectivity index (χ1v) is 7.25. The minimum Gasteiger partial charge on any atom is -0.337 e. The van der Waals surface area contributed by atoms with Crippen LogP contribution in [0.1, 0.15) is 52.4 Å². The lowest BCUT2D eigenvalue weighted by atomic mass is 9.81. The van der Waals surface area contributed by atoms with E-state index in [1.54, 1.807) is 0 Å². The molecule has 1 aliphatic heterocycles. The minimum atomic E-state index is -0.00917. The molecule has 0 atom stereocenters. The smallest absolute Gasteiger partial charge is 0.229 e. The summed E-state index contributed by atoms with van der Waals surface area (Å²) >= 11 is 0. The lowest BCUT2D eigenvalue weighted by Gasteiger charge is -2.42. The SMILES string of the molecule is CCCN(C(=O)C1(CC)CCCC1)C1CNC1. The number of hydrogen-bond donors (Lipinski definition) is 1. The Morgan fingerprint density at radius 2 is 1.94 bits per heavy atom. The third kappa shape index (κ3) is 2.35. The molecule has 3 heteroatoms. The van der Waals surface area contributed by atoms with Crippen LogP contribution in [0.4, 0.5) is 0 Å². The van der Waals surface area contributed by atoms with Gasteiger partial charge in [0.25, 0.3) is 0 Å². The molecule has 98 valence electrons. The van der Waals surface area contributed by atoms with Crippen LogP contribution in [0.25, 0.3) is 0 Å². The van der Waals surface area contributed by atoms with Crippen molar-refractivity contribution in [3.05, 3.63) is 0 Å². The summed E-state index contributed by atoms with van der Waals surface area (Å²) in [5, 5.41) is 3.28. The number of amides is 1. The molecule has 0 aromatic heterocycles. The first kappa shape index (κ1) is 12.9. The molecule has 0 unspecified atom stereocenters. The Hall–Kier alpha value is -0.570. The molecular weight excluding hydrogens is 212 g/mol. The summed E-state index contributed by atoms with van der Waals surface area (Å²) < 4.78 is 0. The van der Waals surface area contributed by atoms with Gasteiger partial charge in [-0.2, -0.15) is 0 Å². The number of carbonyl (C=O) groups is 1. The summed E-state index contributed by atoms with van der Waals surface area (Å²) in [5.74, 6) is 0.450. The summed E-state index contributed by atoms with van der Waals surface area (Å²) in [6, 6.07) is 0.464. The van der Waals surface area contributed by atoms with E-state index in [1.165, 1.54) is 12.8 Å². The lowest BCUT2D eigenvalue weighted by Crippen LogP contribution is -2.61. The Morgan fingerprint density at radius 3 is 2.35 bits per heavy atom. The zero-order valence-corrected chi connectivity index (χ0v) is 11.3. The van der Waals surface area contributed by atoms with Gasteiger partial charge in [0.05, 0.1) is 6.04 Å². The van der Waals surface area contributed by atoms with E-state index >= 15 is 0 Å². The fourth-order valence-corrected chi connectivity index (χ4v) is 3.26. The second-order valence-corrected chi connectivity index (χ2v) is 5.65. The minimum absolute atomic E-state index is 0.00917. The zero-order chi connectivity index (χ0) is 12.3. The Labute approximate surface area is 105 Å². The van der Waals surface area contributed by atoms with Crippen LogP contribution in [0, 0.1) is 5.41 Å². The molecule has 17 heavy (non-hydrogen) atoms. The standard InChI is InChI=1S/C14H26N2O/c1-3-9-16(12-10-15-11-12)13(17)14(4-2)7-5-6-8-14/h12,15H,3-11H2,1-2H3. The highest BCUT2D eigenvalue weighted by Crippen LogP contribution is 2.43. The second-order valence-electron chi connectivity index (χ2n) is 5.65. The molecule has 1 aliphatic carbocycles. The van der Waals surface area contributed by atoms with Gasteiger partial charge in [-0.3, -0.25) is 4.79 Å². The number of rotatable bonds is 5. The molecule has 2 aliphatic rings. The Bertz CT molecular complexity index is 267. The number of nitrogens with one attached hydrogen (secondary N) is 1. The molecule has 1 saturated heterocycles. The largest absolute Gasteiger partial charge is 0.337 e. The number of hydrogen-bond acceptors (Lipinski definition) is 2. The van der Waals surface area contributed by atoms with Gasteiger partial charge in [0.15, 0.2) is 0 Å². The van der Waals surface area contributed by atoms with Crippen LogP contribution in [0.3, 0.4) is 0 Å². The summed E-state index contributed by atoms with van der Waals surface area (Å²) in [7, 11) is 0. The fourth-order valence-electron chi connectivity index (χ4n) is 3.26. The summed E-state index contributed by atoms with van der Waals surface area (Å²) in [5.41, 5.74) is -0.00917. The molecule has 1 heterocycles. The molecule has 0 spiro atoms. The monoisotopic (exact) mass is 238 g/mol. The quantitative estimate of drug-likeness (QED) is 0.796. The molecule has 1 saturated carbocycles. The maximum atomic E-state index is 12.8. The summed E-state index contributed by atoms with van der Waals surface area (Å²) in [6.45, 7) is 7.27. The van der Waals surface area contributed by atoms with Crippen LogP contribution in [-0.4, -0.2) is 36.5 Å². The molecule has 1 N–H and O–H groups in total. The molecule has 0 aromatic rings. The molecule has 2 fully saturated rings. The van der Waals surface area contributed by atoms with Gasteiger partial charge in [0.2, 0.25) is 5.91 Å². The molecular formula is C14H26N2O. The Morgan fingerprint density at radius 1 is 1.29 bits per heavy atom. The van der Waals surface area contributed by atoms with Gasteiger partial charge in [0, 0.05) is 25.0 Å². The highest BCUT2D eigenvalue weighted by Gasteiger charge is 2.43. The van der Waals surface area contributed by atoms with Gasteiger partial charge >= 0.3 is 0 Å². The summed E-state index contributed by atoms with van der Waals surface area (Å²) in [4.78, 5) is 15.0. The van der Waals surface area contributed by atoms with Crippen molar-refractivity contribution in [2.75, 3.05) is 19.6 Å². The molecule has 1 amide bonds. The molecule has 3 nitrogen and oxygen atoms in total. The van der Waals surface area contributed by atoms with E-state index in [9.17, 15) is 4.79 Å². The van der Waals surface area contributed by atoms with Crippen molar-refractivity contribution in [1.82, 2.24) is 10.2 Å². The first-order valence-electron chi connectivity index (χ1n) is 7.25. The van der Waals surface area contributed by atoms with E-state index in [1.807, 2.05) is 0 Å². The molecule has 2 rings (SSSR count). The Balaban J connectivity index is 2.08. The van der Waals surface area contributed by atoms with Crippen molar-refractivity contribution in [2.24, 2.45) is 5.41 Å². The van der Waals surface area contributed by atoms with Crippen molar-refractivity contribution in [3.63, 3.8) is 0 Å². The van der Waals surface area contributed by atoms with Crippen molar-refractivity contribution < 1.29 is 4.79 Å². The molecule has 0 aromatic carbocycles. The van der Waals surface area contributed by atoms with Crippen LogP contribution in [0.5, 0.6) is 0 Å². The maximum Gasteiger partial charge on any atom is 0.229 e. The van der Waals surface area contributed by atoms with Crippen molar-refractivity contribution in [1.29, 1.82) is 0 Å². The maximum absolute atomic E-state index is 12.8. The van der Waals surface area contributed by atoms with Crippen LogP contribution in [0.15, 0.2) is 0 Å². The van der Waals surface area contributed by atoms with Gasteiger partial charge in [-0.15, -0.1) is 0 Å². The average molecular weight is 238 g/mol. The number of carbonyl (C=O) groups excluding carboxylic acids is 1. The van der Waals surface area contributed by atoms with Crippen LogP contribution in [0.2, 0.25) is 0 Å². The van der Waals surface area contributed by atoms with Gasteiger partial charge in [-0.1, -0.05) is 26.7 Å². The predicted octanol–water partition coefficient (Wildman–Crippen LogP) is 2.17. The van der Waals surface area contributed by atoms with E-state index in [4.69, 9.17) is 0 Å². The van der Waals surface area contributed by atoms with Crippen molar-refractivity contribution in [3.8, 4) is 0 Å². The van der Waals surface area contributed by atoms with Crippen molar-refractivity contribution >= 4 is 5.91 Å². The van der Waals surface area contributed by atoms with Gasteiger partial charge in [-0.05, 0) is 25.7 Å². The lowest BCUT2D eigenvalue weighted by molar-refractivity contribution is -0.145. The fraction of sp³-hybridized carbons (Fsp3) is 0.929. The van der Waals surface area contributed by atoms with Gasteiger partial charge in [-0.25, -0.2) is 0 Å². The highest BCUT2D eigenvalue weighted by molar-refractivity contribution is 5.83. The summed E-state index contributed by atoms with van der Waals surface area (Å²) in [6.07, 6.45) is 6.80. The van der Waals surface area contributed by atoms with E-state index in [0.717, 1.165) is 45.3 Å². The van der Waals surface area contributed by atoms with Crippen molar-refractivity contribution in [2.45, 2.75) is 58.4 Å².